The lowest BCUT2D eigenvalue weighted by molar-refractivity contribution is -0.122. The highest BCUT2D eigenvalue weighted by molar-refractivity contribution is 5.86. The zero-order valence-corrected chi connectivity index (χ0v) is 15.6. The molecule has 1 aliphatic rings. The van der Waals surface area contributed by atoms with Crippen molar-refractivity contribution in [3.05, 3.63) is 0 Å². The van der Waals surface area contributed by atoms with Crippen LogP contribution in [0.5, 0.6) is 0 Å². The lowest BCUT2D eigenvalue weighted by Crippen LogP contribution is -2.51. The quantitative estimate of drug-likeness (QED) is 0.538. The molecule has 134 valence electrons. The maximum atomic E-state index is 12.0. The van der Waals surface area contributed by atoms with E-state index in [0.29, 0.717) is 12.5 Å². The normalized spacial score (nSPS) is 25.9. The van der Waals surface area contributed by atoms with Gasteiger partial charge in [0.25, 0.3) is 0 Å². The minimum absolute atomic E-state index is 0.0353. The summed E-state index contributed by atoms with van der Waals surface area (Å²) in [5.41, 5.74) is -0.378. The number of carbonyl (C=O) groups excluding carboxylic acids is 1. The van der Waals surface area contributed by atoms with Gasteiger partial charge in [-0.25, -0.2) is 0 Å². The molecular weight excluding hydrogens is 292 g/mol. The standard InChI is InChI=1S/C17H34N4O2/c1-16(2,3)20-14(23)11-21(6)15(18-5)19-12-17(4)10-8-7-9-13(17)22/h13,22H,7-12H2,1-6H3,(H,18,19)(H,20,23). The molecule has 0 spiro atoms. The minimum atomic E-state index is -0.281. The fourth-order valence-corrected chi connectivity index (χ4v) is 3.00. The van der Waals surface area contributed by atoms with Crippen LogP contribution in [0.2, 0.25) is 0 Å². The number of amides is 1. The molecule has 0 radical (unpaired) electrons. The lowest BCUT2D eigenvalue weighted by atomic mass is 9.73. The van der Waals surface area contributed by atoms with Gasteiger partial charge in [-0.1, -0.05) is 19.8 Å². The number of guanidine groups is 1. The molecular formula is C17H34N4O2. The second kappa shape index (κ2) is 7.99. The molecule has 0 bridgehead atoms. The second-order valence-corrected chi connectivity index (χ2v) is 7.97. The van der Waals surface area contributed by atoms with E-state index >= 15 is 0 Å². The van der Waals surface area contributed by atoms with E-state index in [1.54, 1.807) is 11.9 Å². The molecule has 6 nitrogen and oxygen atoms in total. The van der Waals surface area contributed by atoms with Gasteiger partial charge in [0, 0.05) is 31.6 Å². The third kappa shape index (κ3) is 6.37. The molecule has 3 N–H and O–H groups in total. The van der Waals surface area contributed by atoms with Gasteiger partial charge in [0.1, 0.15) is 0 Å². The van der Waals surface area contributed by atoms with Crippen molar-refractivity contribution in [3.63, 3.8) is 0 Å². The first-order valence-electron chi connectivity index (χ1n) is 8.48. The number of aliphatic hydroxyl groups excluding tert-OH is 1. The maximum absolute atomic E-state index is 12.0. The third-order valence-corrected chi connectivity index (χ3v) is 4.40. The first kappa shape index (κ1) is 19.7. The molecule has 0 aliphatic heterocycles. The molecule has 6 heteroatoms. The van der Waals surface area contributed by atoms with Gasteiger partial charge in [-0.05, 0) is 33.6 Å². The first-order chi connectivity index (χ1) is 10.6. The van der Waals surface area contributed by atoms with Crippen LogP contribution in [-0.2, 0) is 4.79 Å². The second-order valence-electron chi connectivity index (χ2n) is 7.97. The van der Waals surface area contributed by atoms with Gasteiger partial charge < -0.3 is 20.6 Å². The van der Waals surface area contributed by atoms with Gasteiger partial charge in [0.05, 0.1) is 12.6 Å². The van der Waals surface area contributed by atoms with E-state index in [-0.39, 0.29) is 29.5 Å². The summed E-state index contributed by atoms with van der Waals surface area (Å²) in [6, 6.07) is 0. The topological polar surface area (TPSA) is 77.0 Å². The molecule has 1 rings (SSSR count). The molecule has 23 heavy (non-hydrogen) atoms. The number of nitrogens with zero attached hydrogens (tertiary/aromatic N) is 2. The molecule has 0 aromatic carbocycles. The van der Waals surface area contributed by atoms with Gasteiger partial charge in [-0.2, -0.15) is 0 Å². The van der Waals surface area contributed by atoms with Crippen LogP contribution in [0.4, 0.5) is 0 Å². The predicted octanol–water partition coefficient (Wildman–Crippen LogP) is 1.35. The average Bonchev–Trinajstić information content (AvgIpc) is 2.40. The number of nitrogens with one attached hydrogen (secondary N) is 2. The lowest BCUT2D eigenvalue weighted by Gasteiger charge is -2.39. The van der Waals surface area contributed by atoms with Crippen molar-refractivity contribution in [2.24, 2.45) is 10.4 Å². The molecule has 0 aromatic heterocycles. The van der Waals surface area contributed by atoms with Crippen LogP contribution in [0.1, 0.15) is 53.4 Å². The van der Waals surface area contributed by atoms with Gasteiger partial charge in [-0.15, -0.1) is 0 Å². The highest BCUT2D eigenvalue weighted by Gasteiger charge is 2.35. The average molecular weight is 326 g/mol. The Morgan fingerprint density at radius 2 is 2.04 bits per heavy atom. The number of rotatable bonds is 4. The van der Waals surface area contributed by atoms with E-state index in [2.05, 4.69) is 22.5 Å². The van der Waals surface area contributed by atoms with E-state index in [9.17, 15) is 9.90 Å². The van der Waals surface area contributed by atoms with Crippen molar-refractivity contribution >= 4 is 11.9 Å². The van der Waals surface area contributed by atoms with Crippen LogP contribution < -0.4 is 10.6 Å². The van der Waals surface area contributed by atoms with Crippen molar-refractivity contribution in [2.45, 2.75) is 65.0 Å². The van der Waals surface area contributed by atoms with Crippen LogP contribution >= 0.6 is 0 Å². The highest BCUT2D eigenvalue weighted by Crippen LogP contribution is 2.35. The predicted molar refractivity (Wildman–Crippen MR) is 94.5 cm³/mol. The largest absolute Gasteiger partial charge is 0.392 e. The number of hydrogen-bond acceptors (Lipinski definition) is 3. The van der Waals surface area contributed by atoms with Crippen LogP contribution in [-0.4, -0.2) is 60.7 Å². The summed E-state index contributed by atoms with van der Waals surface area (Å²) >= 11 is 0. The van der Waals surface area contributed by atoms with Crippen molar-refractivity contribution in [2.75, 3.05) is 27.2 Å². The number of aliphatic imine (C=N–C) groups is 1. The first-order valence-corrected chi connectivity index (χ1v) is 8.48. The monoisotopic (exact) mass is 326 g/mol. The summed E-state index contributed by atoms with van der Waals surface area (Å²) in [5, 5.41) is 16.5. The number of carbonyl (C=O) groups is 1. The summed E-state index contributed by atoms with van der Waals surface area (Å²) < 4.78 is 0. The van der Waals surface area contributed by atoms with Crippen molar-refractivity contribution < 1.29 is 9.90 Å². The van der Waals surface area contributed by atoms with E-state index in [4.69, 9.17) is 0 Å². The van der Waals surface area contributed by atoms with E-state index in [1.807, 2.05) is 27.8 Å². The maximum Gasteiger partial charge on any atom is 0.240 e. The Bertz CT molecular complexity index is 431. The molecule has 2 unspecified atom stereocenters. The Morgan fingerprint density at radius 1 is 1.39 bits per heavy atom. The van der Waals surface area contributed by atoms with Crippen LogP contribution in [0.15, 0.2) is 4.99 Å². The molecule has 0 saturated heterocycles. The van der Waals surface area contributed by atoms with Crippen molar-refractivity contribution in [1.82, 2.24) is 15.5 Å². The summed E-state index contributed by atoms with van der Waals surface area (Å²) in [6.45, 7) is 8.90. The third-order valence-electron chi connectivity index (χ3n) is 4.40. The summed E-state index contributed by atoms with van der Waals surface area (Å²) in [5.74, 6) is 0.639. The summed E-state index contributed by atoms with van der Waals surface area (Å²) in [7, 11) is 3.55. The molecule has 1 saturated carbocycles. The van der Waals surface area contributed by atoms with E-state index < -0.39 is 0 Å². The smallest absolute Gasteiger partial charge is 0.240 e. The van der Waals surface area contributed by atoms with Crippen molar-refractivity contribution in [3.8, 4) is 0 Å². The van der Waals surface area contributed by atoms with Gasteiger partial charge in [-0.3, -0.25) is 9.79 Å². The SMILES string of the molecule is CN=C(NCC1(C)CCCCC1O)N(C)CC(=O)NC(C)(C)C. The van der Waals surface area contributed by atoms with Gasteiger partial charge in [0.2, 0.25) is 5.91 Å². The number of hydrogen-bond donors (Lipinski definition) is 3. The highest BCUT2D eigenvalue weighted by atomic mass is 16.3. The molecule has 2 atom stereocenters. The number of likely N-dealkylation sites (N-methyl/N-ethyl adjacent to an activating group) is 1. The fourth-order valence-electron chi connectivity index (χ4n) is 3.00. The molecule has 1 aliphatic carbocycles. The van der Waals surface area contributed by atoms with Crippen LogP contribution in [0, 0.1) is 5.41 Å². The Hall–Kier alpha value is -1.30. The molecule has 1 fully saturated rings. The number of aliphatic hydroxyl groups is 1. The van der Waals surface area contributed by atoms with Crippen LogP contribution in [0.3, 0.4) is 0 Å². The molecule has 0 aromatic rings. The van der Waals surface area contributed by atoms with E-state index in [0.717, 1.165) is 25.7 Å². The van der Waals surface area contributed by atoms with Gasteiger partial charge >= 0.3 is 0 Å². The zero-order valence-electron chi connectivity index (χ0n) is 15.6. The minimum Gasteiger partial charge on any atom is -0.392 e. The van der Waals surface area contributed by atoms with E-state index in [1.165, 1.54) is 0 Å². The Balaban J connectivity index is 2.54. The zero-order chi connectivity index (χ0) is 17.7. The Labute approximate surface area is 140 Å². The van der Waals surface area contributed by atoms with Crippen molar-refractivity contribution in [1.29, 1.82) is 0 Å². The summed E-state index contributed by atoms with van der Waals surface area (Å²) in [4.78, 5) is 18.1. The Morgan fingerprint density at radius 3 is 2.57 bits per heavy atom. The fraction of sp³-hybridized carbons (Fsp3) is 0.882. The Kier molecular flexibility index (Phi) is 6.86. The summed E-state index contributed by atoms with van der Waals surface area (Å²) in [6.07, 6.45) is 3.83. The molecule has 1 amide bonds. The van der Waals surface area contributed by atoms with Gasteiger partial charge in [0.15, 0.2) is 5.96 Å². The van der Waals surface area contributed by atoms with Crippen LogP contribution in [0.25, 0.3) is 0 Å². The molecule has 0 heterocycles.